The van der Waals surface area contributed by atoms with Crippen LogP contribution < -0.4 is 5.32 Å². The van der Waals surface area contributed by atoms with E-state index in [0.29, 0.717) is 10.8 Å². The number of benzene rings is 1. The molecular weight excluding hydrogens is 296 g/mol. The molecule has 0 radical (unpaired) electrons. The van der Waals surface area contributed by atoms with Crippen molar-refractivity contribution in [1.82, 2.24) is 15.2 Å². The quantitative estimate of drug-likeness (QED) is 0.804. The number of rotatable bonds is 3. The van der Waals surface area contributed by atoms with E-state index in [0.717, 1.165) is 16.1 Å². The summed E-state index contributed by atoms with van der Waals surface area (Å²) in [7, 11) is 0. The van der Waals surface area contributed by atoms with Gasteiger partial charge in [-0.3, -0.25) is 15.1 Å². The fourth-order valence-corrected chi connectivity index (χ4v) is 2.92. The highest BCUT2D eigenvalue weighted by Gasteiger charge is 2.13. The number of hydrogen-bond acceptors (Lipinski definition) is 5. The minimum atomic E-state index is -0.288. The molecule has 0 fully saturated rings. The van der Waals surface area contributed by atoms with E-state index >= 15 is 0 Å². The van der Waals surface area contributed by atoms with E-state index < -0.39 is 0 Å². The van der Waals surface area contributed by atoms with E-state index in [-0.39, 0.29) is 5.91 Å². The Kier molecular flexibility index (Phi) is 3.93. The number of carbonyl (C=O) groups is 1. The molecule has 3 aromatic rings. The zero-order chi connectivity index (χ0) is 15.5. The molecule has 0 unspecified atom stereocenters. The van der Waals surface area contributed by atoms with Crippen LogP contribution in [0.4, 0.5) is 5.13 Å². The normalized spacial score (nSPS) is 10.5. The van der Waals surface area contributed by atoms with Gasteiger partial charge >= 0.3 is 0 Å². The molecule has 0 aliphatic rings. The van der Waals surface area contributed by atoms with Crippen LogP contribution in [0.1, 0.15) is 21.6 Å². The fraction of sp³-hybridized carbons (Fsp3) is 0.125. The molecule has 0 atom stereocenters. The number of pyridine rings is 1. The largest absolute Gasteiger partial charge is 0.295 e. The third-order valence-corrected chi connectivity index (χ3v) is 4.03. The second-order valence-electron chi connectivity index (χ2n) is 4.90. The predicted molar refractivity (Wildman–Crippen MR) is 87.0 cm³/mol. The summed E-state index contributed by atoms with van der Waals surface area (Å²) in [5.41, 5.74) is 3.72. The average Bonchev–Trinajstić information content (AvgIpc) is 2.96. The number of nitrogens with one attached hydrogen (secondary N) is 1. The van der Waals surface area contributed by atoms with Crippen molar-refractivity contribution in [2.75, 3.05) is 5.32 Å². The molecule has 0 saturated carbocycles. The first kappa shape index (κ1) is 14.3. The lowest BCUT2D eigenvalue weighted by Crippen LogP contribution is -2.13. The summed E-state index contributed by atoms with van der Waals surface area (Å²) >= 11 is 1.35. The molecule has 0 aliphatic carbocycles. The van der Waals surface area contributed by atoms with Gasteiger partial charge in [0.05, 0.1) is 0 Å². The van der Waals surface area contributed by atoms with Gasteiger partial charge in [0.15, 0.2) is 0 Å². The molecule has 110 valence electrons. The number of amides is 1. The molecule has 1 aromatic carbocycles. The minimum absolute atomic E-state index is 0.288. The van der Waals surface area contributed by atoms with E-state index in [4.69, 9.17) is 0 Å². The Morgan fingerprint density at radius 1 is 1.14 bits per heavy atom. The van der Waals surface area contributed by atoms with Crippen LogP contribution in [0, 0.1) is 13.8 Å². The Balaban J connectivity index is 1.81. The number of aromatic nitrogens is 3. The fourth-order valence-electron chi connectivity index (χ4n) is 2.09. The van der Waals surface area contributed by atoms with Gasteiger partial charge in [-0.05, 0) is 31.5 Å². The second kappa shape index (κ2) is 6.03. The molecule has 2 aromatic heterocycles. The first-order valence-electron chi connectivity index (χ1n) is 6.77. The number of carbonyl (C=O) groups excluding carboxylic acids is 1. The first-order valence-corrected chi connectivity index (χ1v) is 7.58. The summed E-state index contributed by atoms with van der Waals surface area (Å²) in [5, 5.41) is 12.2. The number of aryl methyl sites for hydroxylation is 2. The van der Waals surface area contributed by atoms with Crippen LogP contribution >= 0.6 is 11.3 Å². The molecule has 22 heavy (non-hydrogen) atoms. The van der Waals surface area contributed by atoms with Gasteiger partial charge in [-0.25, -0.2) is 0 Å². The van der Waals surface area contributed by atoms with E-state index in [2.05, 4.69) is 33.5 Å². The maximum Gasteiger partial charge on any atom is 0.276 e. The highest BCUT2D eigenvalue weighted by Crippen LogP contribution is 2.29. The third-order valence-electron chi connectivity index (χ3n) is 3.16. The molecule has 0 spiro atoms. The van der Waals surface area contributed by atoms with Crippen LogP contribution in [0.15, 0.2) is 42.6 Å². The van der Waals surface area contributed by atoms with Crippen molar-refractivity contribution in [2.24, 2.45) is 0 Å². The van der Waals surface area contributed by atoms with Gasteiger partial charge in [0, 0.05) is 11.8 Å². The predicted octanol–water partition coefficient (Wildman–Crippen LogP) is 3.47. The van der Waals surface area contributed by atoms with Crippen molar-refractivity contribution in [1.29, 1.82) is 0 Å². The van der Waals surface area contributed by atoms with Crippen LogP contribution in [0.3, 0.4) is 0 Å². The molecule has 5 nitrogen and oxygen atoms in total. The maximum atomic E-state index is 12.0. The number of anilines is 1. The van der Waals surface area contributed by atoms with Crippen LogP contribution in [-0.2, 0) is 0 Å². The molecule has 0 saturated heterocycles. The first-order chi connectivity index (χ1) is 10.6. The van der Waals surface area contributed by atoms with Gasteiger partial charge < -0.3 is 0 Å². The van der Waals surface area contributed by atoms with E-state index in [9.17, 15) is 4.79 Å². The highest BCUT2D eigenvalue weighted by molar-refractivity contribution is 7.18. The van der Waals surface area contributed by atoms with Crippen LogP contribution in [-0.4, -0.2) is 21.1 Å². The van der Waals surface area contributed by atoms with Crippen molar-refractivity contribution in [2.45, 2.75) is 13.8 Å². The van der Waals surface area contributed by atoms with E-state index in [1.165, 1.54) is 16.9 Å². The van der Waals surface area contributed by atoms with Crippen molar-refractivity contribution in [3.05, 3.63) is 59.4 Å². The van der Waals surface area contributed by atoms with Crippen LogP contribution in [0.25, 0.3) is 10.6 Å². The molecule has 1 N–H and O–H groups in total. The topological polar surface area (TPSA) is 67.8 Å². The lowest BCUT2D eigenvalue weighted by Gasteiger charge is -2.02. The van der Waals surface area contributed by atoms with Crippen LogP contribution in [0.5, 0.6) is 0 Å². The van der Waals surface area contributed by atoms with Gasteiger partial charge in [0.25, 0.3) is 5.91 Å². The monoisotopic (exact) mass is 310 g/mol. The van der Waals surface area contributed by atoms with Gasteiger partial charge in [-0.1, -0.05) is 41.2 Å². The Morgan fingerprint density at radius 3 is 2.73 bits per heavy atom. The summed E-state index contributed by atoms with van der Waals surface area (Å²) in [4.78, 5) is 16.0. The summed E-state index contributed by atoms with van der Waals surface area (Å²) < 4.78 is 0. The summed E-state index contributed by atoms with van der Waals surface area (Å²) in [6.45, 7) is 4.09. The molecule has 2 heterocycles. The SMILES string of the molecule is Cc1ccc(-c2nnc(NC(=O)c3ccccn3)s2)c(C)c1. The third kappa shape index (κ3) is 3.01. The van der Waals surface area contributed by atoms with Gasteiger partial charge in [-0.2, -0.15) is 0 Å². The molecule has 1 amide bonds. The Hall–Kier alpha value is -2.60. The molecule has 3 rings (SSSR count). The van der Waals surface area contributed by atoms with Crippen molar-refractivity contribution in [3.63, 3.8) is 0 Å². The van der Waals surface area contributed by atoms with Gasteiger partial charge in [-0.15, -0.1) is 10.2 Å². The summed E-state index contributed by atoms with van der Waals surface area (Å²) in [5.74, 6) is -0.288. The summed E-state index contributed by atoms with van der Waals surface area (Å²) in [6, 6.07) is 11.3. The molecule has 0 bridgehead atoms. The lowest BCUT2D eigenvalue weighted by molar-refractivity contribution is 0.102. The van der Waals surface area contributed by atoms with Crippen molar-refractivity contribution >= 4 is 22.4 Å². The Labute approximate surface area is 132 Å². The minimum Gasteiger partial charge on any atom is -0.295 e. The van der Waals surface area contributed by atoms with Gasteiger partial charge in [0.2, 0.25) is 5.13 Å². The van der Waals surface area contributed by atoms with E-state index in [1.54, 1.807) is 24.4 Å². The summed E-state index contributed by atoms with van der Waals surface area (Å²) in [6.07, 6.45) is 1.58. The number of nitrogens with zero attached hydrogens (tertiary/aromatic N) is 3. The number of hydrogen-bond donors (Lipinski definition) is 1. The highest BCUT2D eigenvalue weighted by atomic mass is 32.1. The standard InChI is InChI=1S/C16H14N4OS/c1-10-6-7-12(11(2)9-10)15-19-20-16(22-15)18-14(21)13-5-3-4-8-17-13/h3-9H,1-2H3,(H,18,20,21). The zero-order valence-electron chi connectivity index (χ0n) is 12.2. The van der Waals surface area contributed by atoms with Crippen molar-refractivity contribution in [3.8, 4) is 10.6 Å². The van der Waals surface area contributed by atoms with Crippen molar-refractivity contribution < 1.29 is 4.79 Å². The Bertz CT molecular complexity index is 814. The average molecular weight is 310 g/mol. The van der Waals surface area contributed by atoms with Crippen LogP contribution in [0.2, 0.25) is 0 Å². The smallest absolute Gasteiger partial charge is 0.276 e. The molecular formula is C16H14N4OS. The Morgan fingerprint density at radius 2 is 2.00 bits per heavy atom. The van der Waals surface area contributed by atoms with E-state index in [1.807, 2.05) is 19.1 Å². The second-order valence-corrected chi connectivity index (χ2v) is 5.88. The molecule has 0 aliphatic heterocycles. The zero-order valence-corrected chi connectivity index (χ0v) is 13.0. The maximum absolute atomic E-state index is 12.0. The lowest BCUT2D eigenvalue weighted by atomic mass is 10.1. The molecule has 6 heteroatoms. The van der Waals surface area contributed by atoms with Gasteiger partial charge in [0.1, 0.15) is 10.7 Å².